The quantitative estimate of drug-likeness (QED) is 0.626. The summed E-state index contributed by atoms with van der Waals surface area (Å²) in [7, 11) is 0. The molecule has 23 heavy (non-hydrogen) atoms. The highest BCUT2D eigenvalue weighted by atomic mass is 16.5. The summed E-state index contributed by atoms with van der Waals surface area (Å²) in [5, 5.41) is 17.6. The molecule has 2 heterocycles. The summed E-state index contributed by atoms with van der Waals surface area (Å²) in [5.41, 5.74) is -0.571. The van der Waals surface area contributed by atoms with Crippen molar-refractivity contribution in [3.63, 3.8) is 0 Å². The fourth-order valence-electron chi connectivity index (χ4n) is 3.63. The molecular formula is C18H37N3O2. The lowest BCUT2D eigenvalue weighted by molar-refractivity contribution is -0.0629. The molecule has 0 bridgehead atoms. The Kier molecular flexibility index (Phi) is 7.76. The summed E-state index contributed by atoms with van der Waals surface area (Å²) >= 11 is 0. The molecule has 2 fully saturated rings. The Hall–Kier alpha value is -0.200. The van der Waals surface area contributed by atoms with Crippen molar-refractivity contribution >= 4 is 0 Å². The van der Waals surface area contributed by atoms with Crippen molar-refractivity contribution in [2.75, 3.05) is 45.9 Å². The van der Waals surface area contributed by atoms with Crippen LogP contribution in [0.5, 0.6) is 0 Å². The fraction of sp³-hybridized carbons (Fsp3) is 1.00. The van der Waals surface area contributed by atoms with E-state index in [2.05, 4.69) is 36.3 Å². The molecule has 0 radical (unpaired) electrons. The summed E-state index contributed by atoms with van der Waals surface area (Å²) in [4.78, 5) is 2.59. The Balaban J connectivity index is 1.66. The molecule has 136 valence electrons. The van der Waals surface area contributed by atoms with E-state index < -0.39 is 5.60 Å². The van der Waals surface area contributed by atoms with Crippen LogP contribution in [0, 0.1) is 5.92 Å². The van der Waals surface area contributed by atoms with E-state index in [0.29, 0.717) is 31.8 Å². The molecule has 2 unspecified atom stereocenters. The average Bonchev–Trinajstić information content (AvgIpc) is 2.52. The van der Waals surface area contributed by atoms with Crippen molar-refractivity contribution in [1.29, 1.82) is 0 Å². The van der Waals surface area contributed by atoms with Gasteiger partial charge in [0.15, 0.2) is 0 Å². The van der Waals surface area contributed by atoms with E-state index >= 15 is 0 Å². The van der Waals surface area contributed by atoms with Gasteiger partial charge in [-0.05, 0) is 38.8 Å². The number of hydrogen-bond acceptors (Lipinski definition) is 5. The van der Waals surface area contributed by atoms with Gasteiger partial charge in [-0.25, -0.2) is 0 Å². The van der Waals surface area contributed by atoms with Gasteiger partial charge < -0.3 is 25.4 Å². The molecule has 0 aliphatic carbocycles. The molecule has 0 saturated carbocycles. The van der Waals surface area contributed by atoms with Gasteiger partial charge in [0.25, 0.3) is 0 Å². The lowest BCUT2D eigenvalue weighted by Crippen LogP contribution is -2.51. The summed E-state index contributed by atoms with van der Waals surface area (Å²) in [6.45, 7) is 13.3. The second-order valence-corrected chi connectivity index (χ2v) is 7.95. The van der Waals surface area contributed by atoms with E-state index in [1.165, 1.54) is 25.9 Å². The predicted octanol–water partition coefficient (Wildman–Crippen LogP) is 1.22. The number of hydrogen-bond donors (Lipinski definition) is 3. The van der Waals surface area contributed by atoms with E-state index in [-0.39, 0.29) is 0 Å². The minimum Gasteiger partial charge on any atom is -0.388 e. The Morgan fingerprint density at radius 2 is 1.96 bits per heavy atom. The third-order valence-electron chi connectivity index (χ3n) is 5.15. The highest BCUT2D eigenvalue weighted by Gasteiger charge is 2.30. The number of likely N-dealkylation sites (tertiary alicyclic amines) is 1. The molecule has 0 aromatic heterocycles. The molecule has 5 heteroatoms. The van der Waals surface area contributed by atoms with Gasteiger partial charge in [-0.1, -0.05) is 13.8 Å². The number of nitrogens with one attached hydrogen (secondary N) is 2. The minimum atomic E-state index is -0.571. The van der Waals surface area contributed by atoms with Crippen LogP contribution in [0.2, 0.25) is 0 Å². The van der Waals surface area contributed by atoms with E-state index in [0.717, 1.165) is 31.8 Å². The molecule has 0 amide bonds. The number of nitrogens with zero attached hydrogens (tertiary/aromatic N) is 1. The molecule has 2 rings (SSSR count). The molecular weight excluding hydrogens is 290 g/mol. The van der Waals surface area contributed by atoms with Gasteiger partial charge in [-0.3, -0.25) is 0 Å². The molecule has 2 atom stereocenters. The maximum atomic E-state index is 10.5. The third kappa shape index (κ3) is 7.06. The monoisotopic (exact) mass is 327 g/mol. The van der Waals surface area contributed by atoms with E-state index in [1.54, 1.807) is 0 Å². The molecule has 0 aromatic rings. The van der Waals surface area contributed by atoms with Gasteiger partial charge in [0, 0.05) is 57.8 Å². The van der Waals surface area contributed by atoms with Crippen LogP contribution in [0.1, 0.15) is 46.5 Å². The zero-order valence-corrected chi connectivity index (χ0v) is 15.3. The van der Waals surface area contributed by atoms with Crippen LogP contribution in [0.15, 0.2) is 0 Å². The minimum absolute atomic E-state index is 0.415. The average molecular weight is 328 g/mol. The molecule has 2 aliphatic rings. The van der Waals surface area contributed by atoms with Gasteiger partial charge in [-0.2, -0.15) is 0 Å². The Bertz CT molecular complexity index is 332. The number of rotatable bonds is 8. The first kappa shape index (κ1) is 19.1. The SMILES string of the molecule is CC(C)NCC1CCCN(CC(C)NCC2(O)CCOCC2)C1. The van der Waals surface area contributed by atoms with E-state index in [1.807, 2.05) is 0 Å². The van der Waals surface area contributed by atoms with E-state index in [9.17, 15) is 5.11 Å². The predicted molar refractivity (Wildman–Crippen MR) is 94.8 cm³/mol. The normalized spacial score (nSPS) is 27.3. The first-order valence-electron chi connectivity index (χ1n) is 9.46. The van der Waals surface area contributed by atoms with Crippen molar-refractivity contribution in [1.82, 2.24) is 15.5 Å². The van der Waals surface area contributed by atoms with Crippen LogP contribution in [0.3, 0.4) is 0 Å². The zero-order chi connectivity index (χ0) is 16.7. The van der Waals surface area contributed by atoms with Crippen LogP contribution in [-0.2, 0) is 4.74 Å². The van der Waals surface area contributed by atoms with Gasteiger partial charge in [-0.15, -0.1) is 0 Å². The van der Waals surface area contributed by atoms with Crippen molar-refractivity contribution < 1.29 is 9.84 Å². The number of piperidine rings is 1. The standard InChI is InChI=1S/C18H37N3O2/c1-15(2)19-11-17-5-4-8-21(13-17)12-16(3)20-14-18(22)6-9-23-10-7-18/h15-17,19-20,22H,4-14H2,1-3H3. The molecule has 0 aromatic carbocycles. The van der Waals surface area contributed by atoms with Gasteiger partial charge in [0.05, 0.1) is 5.60 Å². The van der Waals surface area contributed by atoms with Crippen molar-refractivity contribution in [2.45, 2.75) is 64.1 Å². The van der Waals surface area contributed by atoms with Crippen molar-refractivity contribution in [2.24, 2.45) is 5.92 Å². The third-order valence-corrected chi connectivity index (χ3v) is 5.15. The molecule has 3 N–H and O–H groups in total. The van der Waals surface area contributed by atoms with Gasteiger partial charge in [0.2, 0.25) is 0 Å². The Morgan fingerprint density at radius 1 is 1.22 bits per heavy atom. The largest absolute Gasteiger partial charge is 0.388 e. The lowest BCUT2D eigenvalue weighted by atomic mass is 9.94. The van der Waals surface area contributed by atoms with Crippen molar-refractivity contribution in [3.05, 3.63) is 0 Å². The molecule has 5 nitrogen and oxygen atoms in total. The van der Waals surface area contributed by atoms with E-state index in [4.69, 9.17) is 4.74 Å². The maximum absolute atomic E-state index is 10.5. The fourth-order valence-corrected chi connectivity index (χ4v) is 3.63. The Morgan fingerprint density at radius 3 is 2.65 bits per heavy atom. The summed E-state index contributed by atoms with van der Waals surface area (Å²) in [6.07, 6.45) is 4.15. The maximum Gasteiger partial charge on any atom is 0.0815 e. The van der Waals surface area contributed by atoms with Crippen LogP contribution >= 0.6 is 0 Å². The van der Waals surface area contributed by atoms with Crippen LogP contribution in [0.25, 0.3) is 0 Å². The summed E-state index contributed by atoms with van der Waals surface area (Å²) < 4.78 is 5.34. The second-order valence-electron chi connectivity index (χ2n) is 7.95. The first-order valence-corrected chi connectivity index (χ1v) is 9.46. The lowest BCUT2D eigenvalue weighted by Gasteiger charge is -2.37. The van der Waals surface area contributed by atoms with Crippen LogP contribution in [-0.4, -0.2) is 73.6 Å². The topological polar surface area (TPSA) is 56.8 Å². The smallest absolute Gasteiger partial charge is 0.0815 e. The van der Waals surface area contributed by atoms with Crippen LogP contribution < -0.4 is 10.6 Å². The summed E-state index contributed by atoms with van der Waals surface area (Å²) in [5.74, 6) is 0.776. The Labute approximate surface area is 142 Å². The number of ether oxygens (including phenoxy) is 1. The van der Waals surface area contributed by atoms with Crippen molar-refractivity contribution in [3.8, 4) is 0 Å². The molecule has 2 saturated heterocycles. The summed E-state index contributed by atoms with van der Waals surface area (Å²) in [6, 6.07) is 0.991. The molecule has 0 spiro atoms. The number of aliphatic hydroxyl groups is 1. The first-order chi connectivity index (χ1) is 11.0. The van der Waals surface area contributed by atoms with Gasteiger partial charge in [0.1, 0.15) is 0 Å². The van der Waals surface area contributed by atoms with Crippen LogP contribution in [0.4, 0.5) is 0 Å². The second kappa shape index (κ2) is 9.33. The highest BCUT2D eigenvalue weighted by molar-refractivity contribution is 4.85. The zero-order valence-electron chi connectivity index (χ0n) is 15.3. The molecule has 2 aliphatic heterocycles. The van der Waals surface area contributed by atoms with Gasteiger partial charge >= 0.3 is 0 Å². The highest BCUT2D eigenvalue weighted by Crippen LogP contribution is 2.20.